The first-order valence-corrected chi connectivity index (χ1v) is 5.61. The van der Waals surface area contributed by atoms with Gasteiger partial charge in [-0.1, -0.05) is 6.92 Å². The molecular weight excluding hydrogens is 218 g/mol. The topological polar surface area (TPSA) is 62.1 Å². The van der Waals surface area contributed by atoms with E-state index in [0.717, 1.165) is 24.3 Å². The number of aromatic amines is 1. The molecule has 1 fully saturated rings. The lowest BCUT2D eigenvalue weighted by atomic mass is 10.0. The molecule has 0 radical (unpaired) electrons. The summed E-state index contributed by atoms with van der Waals surface area (Å²) < 4.78 is 4.98. The Balaban J connectivity index is 1.79. The molecule has 0 saturated carbocycles. The summed E-state index contributed by atoms with van der Waals surface area (Å²) in [7, 11) is 0. The van der Waals surface area contributed by atoms with Crippen LogP contribution in [0.1, 0.15) is 17.4 Å². The molecule has 0 unspecified atom stereocenters. The van der Waals surface area contributed by atoms with Gasteiger partial charge in [0.15, 0.2) is 0 Å². The number of nitrogens with zero attached hydrogens (tertiary/aromatic N) is 2. The van der Waals surface area contributed by atoms with Crippen molar-refractivity contribution in [1.82, 2.24) is 15.1 Å². The van der Waals surface area contributed by atoms with Gasteiger partial charge in [0.2, 0.25) is 0 Å². The van der Waals surface area contributed by atoms with Crippen LogP contribution in [0.5, 0.6) is 0 Å². The number of nitrogens with one attached hydrogen (secondary N) is 1. The lowest BCUT2D eigenvalue weighted by molar-refractivity contribution is 0.0524. The maximum Gasteiger partial charge on any atom is 0.271 e. The van der Waals surface area contributed by atoms with Gasteiger partial charge in [0.05, 0.1) is 18.2 Å². The SMILES string of the molecule is CC1CN(C(=O)c2cc(-c3ccoc3)n[nH]2)C1. The van der Waals surface area contributed by atoms with Crippen molar-refractivity contribution in [3.63, 3.8) is 0 Å². The minimum atomic E-state index is 0.0188. The van der Waals surface area contributed by atoms with Gasteiger partial charge in [0.25, 0.3) is 5.91 Å². The van der Waals surface area contributed by atoms with Crippen LogP contribution >= 0.6 is 0 Å². The summed E-state index contributed by atoms with van der Waals surface area (Å²) in [6.45, 7) is 3.80. The Morgan fingerprint density at radius 2 is 2.41 bits per heavy atom. The summed E-state index contributed by atoms with van der Waals surface area (Å²) in [5.74, 6) is 0.626. The summed E-state index contributed by atoms with van der Waals surface area (Å²) in [5, 5.41) is 6.88. The molecule has 88 valence electrons. The van der Waals surface area contributed by atoms with Crippen LogP contribution in [0.15, 0.2) is 29.1 Å². The van der Waals surface area contributed by atoms with Gasteiger partial charge in [-0.25, -0.2) is 0 Å². The third kappa shape index (κ3) is 1.73. The van der Waals surface area contributed by atoms with E-state index >= 15 is 0 Å². The van der Waals surface area contributed by atoms with Crippen molar-refractivity contribution in [1.29, 1.82) is 0 Å². The second-order valence-corrected chi connectivity index (χ2v) is 4.49. The van der Waals surface area contributed by atoms with Crippen LogP contribution in [0.3, 0.4) is 0 Å². The van der Waals surface area contributed by atoms with Crippen LogP contribution in [-0.4, -0.2) is 34.1 Å². The molecule has 0 atom stereocenters. The zero-order valence-electron chi connectivity index (χ0n) is 9.51. The van der Waals surface area contributed by atoms with E-state index < -0.39 is 0 Å². The predicted molar refractivity (Wildman–Crippen MR) is 61.4 cm³/mol. The highest BCUT2D eigenvalue weighted by atomic mass is 16.3. The Kier molecular flexibility index (Phi) is 2.24. The third-order valence-electron chi connectivity index (χ3n) is 2.98. The zero-order chi connectivity index (χ0) is 11.8. The fourth-order valence-electron chi connectivity index (χ4n) is 2.02. The van der Waals surface area contributed by atoms with Crippen LogP contribution in [-0.2, 0) is 0 Å². The van der Waals surface area contributed by atoms with Crippen LogP contribution in [0, 0.1) is 5.92 Å². The van der Waals surface area contributed by atoms with Crippen LogP contribution in [0.25, 0.3) is 11.3 Å². The molecule has 2 aromatic heterocycles. The number of amides is 1. The van der Waals surface area contributed by atoms with Crippen molar-refractivity contribution in [2.75, 3.05) is 13.1 Å². The Labute approximate surface area is 98.4 Å². The summed E-state index contributed by atoms with van der Waals surface area (Å²) in [4.78, 5) is 13.8. The molecule has 3 rings (SSSR count). The maximum absolute atomic E-state index is 12.0. The Morgan fingerprint density at radius 1 is 1.59 bits per heavy atom. The maximum atomic E-state index is 12.0. The summed E-state index contributed by atoms with van der Waals surface area (Å²) >= 11 is 0. The first-order valence-electron chi connectivity index (χ1n) is 5.61. The van der Waals surface area contributed by atoms with E-state index in [1.54, 1.807) is 18.6 Å². The fraction of sp³-hybridized carbons (Fsp3) is 0.333. The highest BCUT2D eigenvalue weighted by Crippen LogP contribution is 2.21. The summed E-state index contributed by atoms with van der Waals surface area (Å²) in [6.07, 6.45) is 3.19. The van der Waals surface area contributed by atoms with Gasteiger partial charge in [-0.3, -0.25) is 9.89 Å². The number of rotatable bonds is 2. The minimum Gasteiger partial charge on any atom is -0.472 e. The molecule has 1 aliphatic heterocycles. The van der Waals surface area contributed by atoms with E-state index in [9.17, 15) is 4.79 Å². The van der Waals surface area contributed by atoms with Crippen molar-refractivity contribution in [3.8, 4) is 11.3 Å². The molecule has 3 heterocycles. The average molecular weight is 231 g/mol. The van der Waals surface area contributed by atoms with Gasteiger partial charge in [-0.15, -0.1) is 0 Å². The van der Waals surface area contributed by atoms with E-state index in [4.69, 9.17) is 4.42 Å². The van der Waals surface area contributed by atoms with Crippen molar-refractivity contribution in [3.05, 3.63) is 30.4 Å². The first-order chi connectivity index (χ1) is 8.24. The van der Waals surface area contributed by atoms with Gasteiger partial charge in [-0.2, -0.15) is 5.10 Å². The quantitative estimate of drug-likeness (QED) is 0.856. The normalized spacial score (nSPS) is 15.9. The van der Waals surface area contributed by atoms with Gasteiger partial charge in [-0.05, 0) is 18.1 Å². The minimum absolute atomic E-state index is 0.0188. The second kappa shape index (κ2) is 3.76. The van der Waals surface area contributed by atoms with Gasteiger partial charge in [0, 0.05) is 18.7 Å². The monoisotopic (exact) mass is 231 g/mol. The van der Waals surface area contributed by atoms with Crippen molar-refractivity contribution in [2.45, 2.75) is 6.92 Å². The van der Waals surface area contributed by atoms with Crippen LogP contribution in [0.2, 0.25) is 0 Å². The number of H-pyrrole nitrogens is 1. The van der Waals surface area contributed by atoms with Crippen molar-refractivity contribution in [2.24, 2.45) is 5.92 Å². The molecule has 1 amide bonds. The van der Waals surface area contributed by atoms with Crippen LogP contribution < -0.4 is 0 Å². The molecule has 1 aliphatic rings. The van der Waals surface area contributed by atoms with Crippen LogP contribution in [0.4, 0.5) is 0 Å². The molecular formula is C12H13N3O2. The number of furan rings is 1. The molecule has 0 bridgehead atoms. The zero-order valence-corrected chi connectivity index (χ0v) is 9.51. The number of carbonyl (C=O) groups excluding carboxylic acids is 1. The number of carbonyl (C=O) groups is 1. The molecule has 5 heteroatoms. The summed E-state index contributed by atoms with van der Waals surface area (Å²) in [5.41, 5.74) is 2.14. The van der Waals surface area contributed by atoms with Gasteiger partial charge < -0.3 is 9.32 Å². The molecule has 1 saturated heterocycles. The molecule has 0 aliphatic carbocycles. The fourth-order valence-corrected chi connectivity index (χ4v) is 2.02. The average Bonchev–Trinajstić information content (AvgIpc) is 2.92. The van der Waals surface area contributed by atoms with Gasteiger partial charge in [0.1, 0.15) is 5.69 Å². The standard InChI is InChI=1S/C12H13N3O2/c1-8-5-15(6-8)12(16)11-4-10(13-14-11)9-2-3-17-7-9/h2-4,7-8H,5-6H2,1H3,(H,13,14). The Morgan fingerprint density at radius 3 is 3.06 bits per heavy atom. The van der Waals surface area contributed by atoms with E-state index in [1.807, 2.05) is 11.0 Å². The van der Waals surface area contributed by atoms with Crippen molar-refractivity contribution < 1.29 is 9.21 Å². The molecule has 1 N–H and O–H groups in total. The Hall–Kier alpha value is -2.04. The number of likely N-dealkylation sites (tertiary alicyclic amines) is 1. The lowest BCUT2D eigenvalue weighted by Crippen LogP contribution is -2.48. The third-order valence-corrected chi connectivity index (χ3v) is 2.98. The van der Waals surface area contributed by atoms with Crippen molar-refractivity contribution >= 4 is 5.91 Å². The van der Waals surface area contributed by atoms with E-state index in [-0.39, 0.29) is 5.91 Å². The number of aromatic nitrogens is 2. The first kappa shape index (κ1) is 10.1. The highest BCUT2D eigenvalue weighted by molar-refractivity contribution is 5.93. The van der Waals surface area contributed by atoms with E-state index in [1.165, 1.54) is 0 Å². The largest absolute Gasteiger partial charge is 0.472 e. The molecule has 2 aromatic rings. The molecule has 0 spiro atoms. The lowest BCUT2D eigenvalue weighted by Gasteiger charge is -2.36. The highest BCUT2D eigenvalue weighted by Gasteiger charge is 2.28. The summed E-state index contributed by atoms with van der Waals surface area (Å²) in [6, 6.07) is 3.58. The molecule has 0 aromatic carbocycles. The second-order valence-electron chi connectivity index (χ2n) is 4.49. The smallest absolute Gasteiger partial charge is 0.271 e. The Bertz CT molecular complexity index is 524. The van der Waals surface area contributed by atoms with E-state index in [0.29, 0.717) is 11.6 Å². The number of hydrogen-bond acceptors (Lipinski definition) is 3. The van der Waals surface area contributed by atoms with Gasteiger partial charge >= 0.3 is 0 Å². The predicted octanol–water partition coefficient (Wildman–Crippen LogP) is 1.76. The van der Waals surface area contributed by atoms with E-state index in [2.05, 4.69) is 17.1 Å². The molecule has 5 nitrogen and oxygen atoms in total. The number of hydrogen-bond donors (Lipinski definition) is 1. The molecule has 17 heavy (non-hydrogen) atoms.